The minimum atomic E-state index is -1.17. The molecular formula is C25H40O5. The van der Waals surface area contributed by atoms with Crippen LogP contribution in [0.5, 0.6) is 0 Å². The van der Waals surface area contributed by atoms with Gasteiger partial charge in [0.1, 0.15) is 18.0 Å². The van der Waals surface area contributed by atoms with Crippen LogP contribution in [0, 0.1) is 24.2 Å². The monoisotopic (exact) mass is 420 g/mol. The van der Waals surface area contributed by atoms with Gasteiger partial charge in [0.05, 0.1) is 6.10 Å². The lowest BCUT2D eigenvalue weighted by molar-refractivity contribution is -0.122. The molecule has 0 aromatic carbocycles. The molecule has 5 nitrogen and oxygen atoms in total. The standard InChI is InChI=1S/C25H40O5/c1-3-5-6-11-16-25(30,4-2)17-12-15-22-21(23(28)18-24(22)29)14-10-8-7-9-13-20(27)19-26/h2,12,15,21-22,24,26,29-30H,3,5-11,13-14,16-19H2,1H3/t21-,22-,24-,25?/m1/s1. The molecule has 1 aliphatic carbocycles. The van der Waals surface area contributed by atoms with E-state index in [2.05, 4.69) is 12.8 Å². The summed E-state index contributed by atoms with van der Waals surface area (Å²) in [5, 5.41) is 29.6. The minimum Gasteiger partial charge on any atom is -0.392 e. The second-order valence-corrected chi connectivity index (χ2v) is 8.69. The van der Waals surface area contributed by atoms with Gasteiger partial charge >= 0.3 is 0 Å². The molecule has 1 rings (SSSR count). The number of ketones is 2. The maximum absolute atomic E-state index is 12.3. The molecule has 1 aliphatic rings. The van der Waals surface area contributed by atoms with Gasteiger partial charge < -0.3 is 15.3 Å². The molecule has 0 aliphatic heterocycles. The molecule has 30 heavy (non-hydrogen) atoms. The number of carbonyl (C=O) groups excluding carboxylic acids is 2. The molecule has 3 N–H and O–H groups in total. The van der Waals surface area contributed by atoms with Gasteiger partial charge in [-0.1, -0.05) is 63.5 Å². The molecule has 0 amide bonds. The third-order valence-electron chi connectivity index (χ3n) is 6.16. The van der Waals surface area contributed by atoms with Crippen LogP contribution in [-0.4, -0.2) is 45.2 Å². The molecule has 0 heterocycles. The van der Waals surface area contributed by atoms with Crippen LogP contribution in [0.4, 0.5) is 0 Å². The number of Topliss-reactive ketones (excluding diaryl/α,β-unsaturated/α-hetero) is 2. The van der Waals surface area contributed by atoms with E-state index >= 15 is 0 Å². The van der Waals surface area contributed by atoms with Crippen LogP contribution in [-0.2, 0) is 9.59 Å². The quantitative estimate of drug-likeness (QED) is 0.201. The highest BCUT2D eigenvalue weighted by Gasteiger charge is 2.39. The summed E-state index contributed by atoms with van der Waals surface area (Å²) in [6.45, 7) is 1.75. The first kappa shape index (κ1) is 26.6. The first-order valence-corrected chi connectivity index (χ1v) is 11.6. The van der Waals surface area contributed by atoms with Gasteiger partial charge in [-0.3, -0.25) is 9.59 Å². The Balaban J connectivity index is 2.47. The lowest BCUT2D eigenvalue weighted by Crippen LogP contribution is -2.25. The van der Waals surface area contributed by atoms with Crippen molar-refractivity contribution in [2.75, 3.05) is 6.61 Å². The normalized spacial score (nSPS) is 23.6. The van der Waals surface area contributed by atoms with Crippen molar-refractivity contribution in [2.24, 2.45) is 11.8 Å². The van der Waals surface area contributed by atoms with Crippen molar-refractivity contribution in [3.63, 3.8) is 0 Å². The van der Waals surface area contributed by atoms with E-state index in [-0.39, 0.29) is 29.8 Å². The smallest absolute Gasteiger partial charge is 0.158 e. The Hall–Kier alpha value is -1.48. The maximum atomic E-state index is 12.3. The molecule has 170 valence electrons. The van der Waals surface area contributed by atoms with E-state index in [0.29, 0.717) is 19.3 Å². The summed E-state index contributed by atoms with van der Waals surface area (Å²) in [4.78, 5) is 23.4. The second-order valence-electron chi connectivity index (χ2n) is 8.69. The van der Waals surface area contributed by atoms with E-state index in [1.54, 1.807) is 0 Å². The van der Waals surface area contributed by atoms with Crippen molar-refractivity contribution >= 4 is 11.6 Å². The van der Waals surface area contributed by atoms with Gasteiger partial charge in [-0.05, 0) is 25.7 Å². The van der Waals surface area contributed by atoms with Crippen molar-refractivity contribution in [1.29, 1.82) is 0 Å². The summed E-state index contributed by atoms with van der Waals surface area (Å²) < 4.78 is 0. The summed E-state index contributed by atoms with van der Waals surface area (Å²) in [6.07, 6.45) is 18.4. The zero-order valence-electron chi connectivity index (χ0n) is 18.5. The fourth-order valence-corrected chi connectivity index (χ4v) is 4.21. The van der Waals surface area contributed by atoms with Gasteiger partial charge in [0.25, 0.3) is 0 Å². The lowest BCUT2D eigenvalue weighted by atomic mass is 9.87. The van der Waals surface area contributed by atoms with Gasteiger partial charge in [-0.2, -0.15) is 0 Å². The lowest BCUT2D eigenvalue weighted by Gasteiger charge is -2.21. The third-order valence-corrected chi connectivity index (χ3v) is 6.16. The molecule has 1 unspecified atom stereocenters. The summed E-state index contributed by atoms with van der Waals surface area (Å²) in [6, 6.07) is 0. The highest BCUT2D eigenvalue weighted by Crippen LogP contribution is 2.34. The Morgan fingerprint density at radius 3 is 2.57 bits per heavy atom. The van der Waals surface area contributed by atoms with Crippen LogP contribution in [0.25, 0.3) is 0 Å². The number of aliphatic hydroxyl groups is 3. The van der Waals surface area contributed by atoms with Crippen molar-refractivity contribution < 1.29 is 24.9 Å². The Morgan fingerprint density at radius 2 is 1.90 bits per heavy atom. The van der Waals surface area contributed by atoms with E-state index in [4.69, 9.17) is 11.5 Å². The molecule has 0 aromatic heterocycles. The summed E-state index contributed by atoms with van der Waals surface area (Å²) in [5.74, 6) is 2.06. The zero-order chi connectivity index (χ0) is 22.4. The highest BCUT2D eigenvalue weighted by atomic mass is 16.3. The summed E-state index contributed by atoms with van der Waals surface area (Å²) >= 11 is 0. The fourth-order valence-electron chi connectivity index (χ4n) is 4.21. The largest absolute Gasteiger partial charge is 0.392 e. The van der Waals surface area contributed by atoms with Gasteiger partial charge in [-0.25, -0.2) is 0 Å². The highest BCUT2D eigenvalue weighted by molar-refractivity contribution is 5.84. The molecule has 0 radical (unpaired) electrons. The van der Waals surface area contributed by atoms with Crippen molar-refractivity contribution in [1.82, 2.24) is 0 Å². The van der Waals surface area contributed by atoms with Crippen LogP contribution < -0.4 is 0 Å². The first-order valence-electron chi connectivity index (χ1n) is 11.6. The summed E-state index contributed by atoms with van der Waals surface area (Å²) in [5.41, 5.74) is -1.17. The predicted octanol–water partition coefficient (Wildman–Crippen LogP) is 3.74. The van der Waals surface area contributed by atoms with E-state index < -0.39 is 18.3 Å². The average Bonchev–Trinajstić information content (AvgIpc) is 3.00. The van der Waals surface area contributed by atoms with Crippen molar-refractivity contribution in [3.8, 4) is 12.3 Å². The Bertz CT molecular complexity index is 591. The Kier molecular flexibility index (Phi) is 12.8. The zero-order valence-corrected chi connectivity index (χ0v) is 18.5. The minimum absolute atomic E-state index is 0.0967. The maximum Gasteiger partial charge on any atom is 0.158 e. The van der Waals surface area contributed by atoms with Crippen LogP contribution in [0.3, 0.4) is 0 Å². The van der Waals surface area contributed by atoms with Crippen LogP contribution in [0.2, 0.25) is 0 Å². The van der Waals surface area contributed by atoms with E-state index in [1.165, 1.54) is 0 Å². The average molecular weight is 421 g/mol. The molecule has 0 aromatic rings. The Morgan fingerprint density at radius 1 is 1.20 bits per heavy atom. The molecular weight excluding hydrogens is 380 g/mol. The number of aliphatic hydroxyl groups excluding tert-OH is 2. The number of terminal acetylenes is 1. The van der Waals surface area contributed by atoms with Gasteiger partial charge in [0.15, 0.2) is 5.78 Å². The predicted molar refractivity (Wildman–Crippen MR) is 119 cm³/mol. The first-order chi connectivity index (χ1) is 14.4. The third kappa shape index (κ3) is 9.55. The van der Waals surface area contributed by atoms with E-state index in [1.807, 2.05) is 12.2 Å². The second kappa shape index (κ2) is 14.5. The fraction of sp³-hybridized carbons (Fsp3) is 0.760. The van der Waals surface area contributed by atoms with Gasteiger partial charge in [-0.15, -0.1) is 6.42 Å². The van der Waals surface area contributed by atoms with Crippen molar-refractivity contribution in [2.45, 2.75) is 102 Å². The Labute approximate surface area is 182 Å². The van der Waals surface area contributed by atoms with Crippen LogP contribution >= 0.6 is 0 Å². The SMILES string of the molecule is C#CC(O)(CC=C[C@H]1[C@H](O)CC(=O)[C@@H]1CCCCCCC(=O)CO)CCCCCC. The molecule has 4 atom stereocenters. The topological polar surface area (TPSA) is 94.8 Å². The number of hydrogen-bond acceptors (Lipinski definition) is 5. The van der Waals surface area contributed by atoms with E-state index in [0.717, 1.165) is 57.8 Å². The number of rotatable bonds is 16. The van der Waals surface area contributed by atoms with Crippen molar-refractivity contribution in [3.05, 3.63) is 12.2 Å². The molecule has 0 bridgehead atoms. The molecule has 5 heteroatoms. The molecule has 1 saturated carbocycles. The number of unbranched alkanes of at least 4 members (excludes halogenated alkanes) is 6. The van der Waals surface area contributed by atoms with E-state index in [9.17, 15) is 19.8 Å². The molecule has 0 saturated heterocycles. The molecule has 1 fully saturated rings. The van der Waals surface area contributed by atoms with Gasteiger partial charge in [0, 0.05) is 31.1 Å². The summed E-state index contributed by atoms with van der Waals surface area (Å²) in [7, 11) is 0. The van der Waals surface area contributed by atoms with Gasteiger partial charge in [0.2, 0.25) is 0 Å². The molecule has 0 spiro atoms. The van der Waals surface area contributed by atoms with Crippen LogP contribution in [0.15, 0.2) is 12.2 Å². The number of carbonyl (C=O) groups is 2. The number of hydrogen-bond donors (Lipinski definition) is 3. The van der Waals surface area contributed by atoms with Crippen LogP contribution in [0.1, 0.15) is 90.4 Å².